The van der Waals surface area contributed by atoms with E-state index in [1.54, 1.807) is 0 Å². The number of nitriles is 1. The summed E-state index contributed by atoms with van der Waals surface area (Å²) < 4.78 is 0. The summed E-state index contributed by atoms with van der Waals surface area (Å²) in [6, 6.07) is 63.2. The van der Waals surface area contributed by atoms with Gasteiger partial charge in [0.15, 0.2) is 17.5 Å². The summed E-state index contributed by atoms with van der Waals surface area (Å²) in [6.45, 7) is 0. The van der Waals surface area contributed by atoms with Crippen LogP contribution < -0.4 is 4.90 Å². The van der Waals surface area contributed by atoms with Crippen LogP contribution in [0.4, 0.5) is 17.1 Å². The van der Waals surface area contributed by atoms with Crippen molar-refractivity contribution in [2.75, 3.05) is 4.90 Å². The molecule has 0 N–H and O–H groups in total. The number of hydrogen-bond acceptors (Lipinski definition) is 5. The van der Waals surface area contributed by atoms with Gasteiger partial charge in [-0.25, -0.2) is 15.0 Å². The summed E-state index contributed by atoms with van der Waals surface area (Å²) in [7, 11) is 0. The van der Waals surface area contributed by atoms with Crippen LogP contribution in [0.15, 0.2) is 176 Å². The number of rotatable bonds is 4. The molecule has 5 heteroatoms. The maximum Gasteiger partial charge on any atom is 0.167 e. The zero-order chi connectivity index (χ0) is 34.6. The molecule has 0 radical (unpaired) electrons. The van der Waals surface area contributed by atoms with Gasteiger partial charge in [-0.3, -0.25) is 0 Å². The van der Waals surface area contributed by atoms with Crippen molar-refractivity contribution in [3.05, 3.63) is 204 Å². The van der Waals surface area contributed by atoms with E-state index >= 15 is 0 Å². The Morgan fingerprint density at radius 2 is 0.827 bits per heavy atom. The summed E-state index contributed by atoms with van der Waals surface area (Å²) in [5.41, 5.74) is 12.6. The molecule has 0 amide bonds. The van der Waals surface area contributed by atoms with E-state index in [1.807, 2.05) is 72.8 Å². The van der Waals surface area contributed by atoms with Gasteiger partial charge in [0.2, 0.25) is 0 Å². The summed E-state index contributed by atoms with van der Waals surface area (Å²) >= 11 is 0. The molecule has 1 spiro atoms. The van der Waals surface area contributed by atoms with Crippen molar-refractivity contribution < 1.29 is 0 Å². The summed E-state index contributed by atoms with van der Waals surface area (Å²) in [5, 5.41) is 10.7. The fourth-order valence-electron chi connectivity index (χ4n) is 8.30. The summed E-state index contributed by atoms with van der Waals surface area (Å²) in [6.07, 6.45) is 0. The van der Waals surface area contributed by atoms with Crippen LogP contribution in [0, 0.1) is 11.3 Å². The van der Waals surface area contributed by atoms with Crippen LogP contribution in [-0.2, 0) is 5.41 Å². The van der Waals surface area contributed by atoms with E-state index in [0.717, 1.165) is 28.2 Å². The minimum atomic E-state index is -0.544. The first-order chi connectivity index (χ1) is 25.8. The van der Waals surface area contributed by atoms with Gasteiger partial charge in [0.05, 0.1) is 39.7 Å². The van der Waals surface area contributed by atoms with Crippen LogP contribution in [0.3, 0.4) is 0 Å². The molecule has 10 rings (SSSR count). The molecule has 2 heterocycles. The highest BCUT2D eigenvalue weighted by Gasteiger charge is 2.51. The molecule has 7 aromatic carbocycles. The molecule has 0 unspecified atom stereocenters. The van der Waals surface area contributed by atoms with Gasteiger partial charge in [-0.2, -0.15) is 5.26 Å². The van der Waals surface area contributed by atoms with Crippen LogP contribution in [0.25, 0.3) is 45.3 Å². The third-order valence-electron chi connectivity index (χ3n) is 10.4. The molecule has 5 nitrogen and oxygen atoms in total. The van der Waals surface area contributed by atoms with E-state index in [9.17, 15) is 5.26 Å². The topological polar surface area (TPSA) is 65.7 Å². The number of para-hydroxylation sites is 2. The van der Waals surface area contributed by atoms with Gasteiger partial charge in [0, 0.05) is 11.1 Å². The lowest BCUT2D eigenvalue weighted by atomic mass is 9.64. The standard InChI is InChI=1S/C47H29N5/c48-30-33-20-15-29-42(43(33)46-50-44(31-16-3-1-4-17-31)49-45(51-46)32-18-5-2-6-19-32)52-40-27-13-11-25-38(40)47(39-26-12-14-28-41(39)52)36-23-9-7-21-34(36)35-22-8-10-24-37(35)47/h1-29H. The second kappa shape index (κ2) is 11.7. The largest absolute Gasteiger partial charge is 0.309 e. The van der Waals surface area contributed by atoms with Gasteiger partial charge >= 0.3 is 0 Å². The Bertz CT molecular complexity index is 2560. The van der Waals surface area contributed by atoms with Crippen molar-refractivity contribution >= 4 is 17.1 Å². The molecule has 0 saturated heterocycles. The number of hydrogen-bond donors (Lipinski definition) is 0. The van der Waals surface area contributed by atoms with Gasteiger partial charge in [0.1, 0.15) is 0 Å². The molecule has 1 aliphatic carbocycles. The number of anilines is 3. The Labute approximate surface area is 301 Å². The molecule has 0 atom stereocenters. The number of aromatic nitrogens is 3. The van der Waals surface area contributed by atoms with Crippen LogP contribution in [0.5, 0.6) is 0 Å². The summed E-state index contributed by atoms with van der Waals surface area (Å²) in [4.78, 5) is 17.4. The van der Waals surface area contributed by atoms with E-state index < -0.39 is 5.41 Å². The Hall–Kier alpha value is -7.16. The minimum absolute atomic E-state index is 0.437. The Morgan fingerprint density at radius 1 is 0.404 bits per heavy atom. The van der Waals surface area contributed by atoms with Crippen LogP contribution in [-0.4, -0.2) is 15.0 Å². The SMILES string of the molecule is N#Cc1cccc(N2c3ccccc3C3(c4ccccc4-c4ccccc43)c3ccccc32)c1-c1nc(-c2ccccc2)nc(-c2ccccc2)n1. The first-order valence-electron chi connectivity index (χ1n) is 17.4. The molecule has 1 aliphatic heterocycles. The second-order valence-electron chi connectivity index (χ2n) is 13.1. The normalized spacial score (nSPS) is 13.1. The highest BCUT2D eigenvalue weighted by molar-refractivity contribution is 5.98. The second-order valence-corrected chi connectivity index (χ2v) is 13.1. The quantitative estimate of drug-likeness (QED) is 0.187. The zero-order valence-corrected chi connectivity index (χ0v) is 28.0. The maximum absolute atomic E-state index is 10.7. The van der Waals surface area contributed by atoms with Crippen molar-refractivity contribution in [3.63, 3.8) is 0 Å². The molecule has 0 fully saturated rings. The first kappa shape index (κ1) is 29.7. The van der Waals surface area contributed by atoms with E-state index in [0.29, 0.717) is 28.6 Å². The fraction of sp³-hybridized carbons (Fsp3) is 0.0213. The maximum atomic E-state index is 10.7. The van der Waals surface area contributed by atoms with Crippen LogP contribution >= 0.6 is 0 Å². The molecule has 2 aliphatic rings. The number of nitrogens with zero attached hydrogens (tertiary/aromatic N) is 5. The zero-order valence-electron chi connectivity index (χ0n) is 28.0. The third-order valence-corrected chi connectivity index (χ3v) is 10.4. The van der Waals surface area contributed by atoms with Crippen molar-refractivity contribution in [1.29, 1.82) is 5.26 Å². The Kier molecular flexibility index (Phi) is 6.70. The van der Waals surface area contributed by atoms with Gasteiger partial charge < -0.3 is 4.90 Å². The van der Waals surface area contributed by atoms with Crippen LogP contribution in [0.1, 0.15) is 27.8 Å². The van der Waals surface area contributed by atoms with Crippen molar-refractivity contribution in [1.82, 2.24) is 15.0 Å². The van der Waals surface area contributed by atoms with Crippen LogP contribution in [0.2, 0.25) is 0 Å². The Morgan fingerprint density at radius 3 is 1.35 bits per heavy atom. The molecule has 0 bridgehead atoms. The average molecular weight is 664 g/mol. The molecule has 242 valence electrons. The molecular weight excluding hydrogens is 635 g/mol. The lowest BCUT2D eigenvalue weighted by molar-refractivity contribution is 0.752. The monoisotopic (exact) mass is 663 g/mol. The summed E-state index contributed by atoms with van der Waals surface area (Å²) in [5.74, 6) is 1.52. The van der Waals surface area contributed by atoms with E-state index in [4.69, 9.17) is 15.0 Å². The van der Waals surface area contributed by atoms with Gasteiger partial charge in [-0.15, -0.1) is 0 Å². The van der Waals surface area contributed by atoms with Gasteiger partial charge in [-0.1, -0.05) is 152 Å². The predicted octanol–water partition coefficient (Wildman–Crippen LogP) is 10.9. The average Bonchev–Trinajstić information content (AvgIpc) is 3.52. The first-order valence-corrected chi connectivity index (χ1v) is 17.4. The van der Waals surface area contributed by atoms with E-state index in [1.165, 1.54) is 33.4 Å². The fourth-order valence-corrected chi connectivity index (χ4v) is 8.30. The van der Waals surface area contributed by atoms with Crippen molar-refractivity contribution in [2.45, 2.75) is 5.41 Å². The minimum Gasteiger partial charge on any atom is -0.309 e. The van der Waals surface area contributed by atoms with Gasteiger partial charge in [0.25, 0.3) is 0 Å². The number of fused-ring (bicyclic) bond motifs is 9. The molecular formula is C47H29N5. The van der Waals surface area contributed by atoms with Gasteiger partial charge in [-0.05, 0) is 57.6 Å². The lowest BCUT2D eigenvalue weighted by Gasteiger charge is -2.45. The predicted molar refractivity (Wildman–Crippen MR) is 206 cm³/mol. The molecule has 52 heavy (non-hydrogen) atoms. The lowest BCUT2D eigenvalue weighted by Crippen LogP contribution is -2.36. The Balaban J connectivity index is 1.27. The third kappa shape index (κ3) is 4.25. The molecule has 0 saturated carbocycles. The highest BCUT2D eigenvalue weighted by atomic mass is 15.2. The van der Waals surface area contributed by atoms with Crippen molar-refractivity contribution in [3.8, 4) is 51.4 Å². The smallest absolute Gasteiger partial charge is 0.167 e. The highest BCUT2D eigenvalue weighted by Crippen LogP contribution is 2.63. The van der Waals surface area contributed by atoms with E-state index in [-0.39, 0.29) is 0 Å². The molecule has 1 aromatic heterocycles. The van der Waals surface area contributed by atoms with E-state index in [2.05, 4.69) is 114 Å². The molecule has 8 aromatic rings. The number of benzene rings is 7. The van der Waals surface area contributed by atoms with Crippen molar-refractivity contribution in [2.24, 2.45) is 0 Å².